The SMILES string of the molecule is O=C(O)Cn1cnc2ccc(C3CC4CC3CN4)cc2c1=O.O=C(O)Cn1cnc2ccc(C3CC4CC3CN4C(=O)OCC3c4ccccc4-c4ccccc43)cc2c1=O. The van der Waals surface area contributed by atoms with Crippen molar-refractivity contribution in [1.82, 2.24) is 29.3 Å². The van der Waals surface area contributed by atoms with E-state index in [1.807, 2.05) is 59.5 Å². The molecule has 0 radical (unpaired) electrons. The predicted molar refractivity (Wildman–Crippen MR) is 226 cm³/mol. The number of benzene rings is 4. The molecule has 4 bridgehead atoms. The lowest BCUT2D eigenvalue weighted by Crippen LogP contribution is -2.40. The minimum absolute atomic E-state index is 0.0327. The monoisotopic (exact) mass is 820 g/mol. The molecule has 310 valence electrons. The summed E-state index contributed by atoms with van der Waals surface area (Å²) in [6.07, 6.45) is 6.36. The number of hydrogen-bond acceptors (Lipinski definition) is 9. The van der Waals surface area contributed by atoms with Crippen LogP contribution in [0.4, 0.5) is 4.79 Å². The van der Waals surface area contributed by atoms with E-state index in [-0.39, 0.29) is 47.6 Å². The Morgan fingerprint density at radius 3 is 1.74 bits per heavy atom. The third-order valence-corrected chi connectivity index (χ3v) is 13.6. The van der Waals surface area contributed by atoms with E-state index in [9.17, 15) is 24.0 Å². The van der Waals surface area contributed by atoms with Gasteiger partial charge < -0.3 is 25.2 Å². The van der Waals surface area contributed by atoms with Gasteiger partial charge in [-0.3, -0.25) is 28.3 Å². The van der Waals surface area contributed by atoms with Crippen LogP contribution in [0.2, 0.25) is 0 Å². The van der Waals surface area contributed by atoms with Crippen LogP contribution in [0.15, 0.2) is 107 Å². The molecule has 5 aliphatic rings. The lowest BCUT2D eigenvalue weighted by molar-refractivity contribution is -0.138. The molecule has 2 saturated carbocycles. The predicted octanol–water partition coefficient (Wildman–Crippen LogP) is 5.55. The Kier molecular flexibility index (Phi) is 9.74. The van der Waals surface area contributed by atoms with Gasteiger partial charge in [-0.15, -0.1) is 0 Å². The third kappa shape index (κ3) is 7.03. The van der Waals surface area contributed by atoms with Crippen LogP contribution in [-0.4, -0.2) is 84.0 Å². The smallest absolute Gasteiger partial charge is 0.410 e. The largest absolute Gasteiger partial charge is 0.480 e. The van der Waals surface area contributed by atoms with Crippen molar-refractivity contribution in [1.29, 1.82) is 0 Å². The average Bonchev–Trinajstić information content (AvgIpc) is 4.12. The Morgan fingerprint density at radius 2 is 1.25 bits per heavy atom. The number of rotatable bonds is 8. The molecule has 2 saturated heterocycles. The summed E-state index contributed by atoms with van der Waals surface area (Å²) in [5, 5.41) is 22.4. The van der Waals surface area contributed by atoms with Gasteiger partial charge in [-0.05, 0) is 114 Å². The number of aliphatic carboxylic acids is 2. The zero-order valence-electron chi connectivity index (χ0n) is 33.2. The number of aromatic nitrogens is 4. The summed E-state index contributed by atoms with van der Waals surface area (Å²) >= 11 is 0. The van der Waals surface area contributed by atoms with Crippen molar-refractivity contribution in [3.63, 3.8) is 0 Å². The first-order chi connectivity index (χ1) is 29.6. The van der Waals surface area contributed by atoms with E-state index in [0.29, 0.717) is 52.8 Å². The number of carboxylic acid groups (broad SMARTS) is 2. The van der Waals surface area contributed by atoms with Gasteiger partial charge in [0.15, 0.2) is 0 Å². The van der Waals surface area contributed by atoms with Crippen molar-refractivity contribution in [3.05, 3.63) is 141 Å². The number of likely N-dealkylation sites (tertiary alicyclic amines) is 1. The van der Waals surface area contributed by atoms with Crippen LogP contribution in [0.3, 0.4) is 0 Å². The maximum atomic E-state index is 13.2. The van der Waals surface area contributed by atoms with Crippen molar-refractivity contribution < 1.29 is 29.3 Å². The lowest BCUT2D eigenvalue weighted by Gasteiger charge is -2.31. The summed E-state index contributed by atoms with van der Waals surface area (Å²) < 4.78 is 8.19. The Bertz CT molecular complexity index is 2830. The molecule has 6 aromatic rings. The van der Waals surface area contributed by atoms with Gasteiger partial charge in [-0.1, -0.05) is 60.7 Å². The number of nitrogens with one attached hydrogen (secondary N) is 1. The van der Waals surface area contributed by atoms with Gasteiger partial charge in [-0.25, -0.2) is 14.8 Å². The number of nitrogens with zero attached hydrogens (tertiary/aromatic N) is 5. The van der Waals surface area contributed by atoms with Gasteiger partial charge >= 0.3 is 18.0 Å². The molecule has 14 heteroatoms. The van der Waals surface area contributed by atoms with E-state index in [0.717, 1.165) is 40.5 Å². The van der Waals surface area contributed by atoms with Gasteiger partial charge in [0, 0.05) is 24.5 Å². The van der Waals surface area contributed by atoms with Gasteiger partial charge in [0.1, 0.15) is 19.7 Å². The highest BCUT2D eigenvalue weighted by atomic mass is 16.6. The summed E-state index contributed by atoms with van der Waals surface area (Å²) in [5.74, 6) is -0.460. The molecule has 3 aliphatic carbocycles. The van der Waals surface area contributed by atoms with Crippen LogP contribution in [0.25, 0.3) is 32.9 Å². The van der Waals surface area contributed by atoms with Crippen molar-refractivity contribution >= 4 is 39.8 Å². The molecular weight excluding hydrogens is 777 g/mol. The van der Waals surface area contributed by atoms with Crippen LogP contribution in [0, 0.1) is 11.8 Å². The van der Waals surface area contributed by atoms with Crippen LogP contribution >= 0.6 is 0 Å². The van der Waals surface area contributed by atoms with Gasteiger partial charge in [0.05, 0.1) is 34.5 Å². The fraction of sp³-hybridized carbons (Fsp3) is 0.340. The molecule has 61 heavy (non-hydrogen) atoms. The second-order valence-electron chi connectivity index (χ2n) is 17.1. The summed E-state index contributed by atoms with van der Waals surface area (Å²) in [4.78, 5) is 70.8. The third-order valence-electron chi connectivity index (χ3n) is 13.6. The van der Waals surface area contributed by atoms with Gasteiger partial charge in [0.2, 0.25) is 0 Å². The van der Waals surface area contributed by atoms with Crippen LogP contribution in [-0.2, 0) is 27.4 Å². The second-order valence-corrected chi connectivity index (χ2v) is 17.1. The molecule has 4 fully saturated rings. The number of carboxylic acids is 2. The molecular formula is C47H44N6O8. The number of fused-ring (bicyclic) bond motifs is 9. The number of ether oxygens (including phenoxy) is 1. The molecule has 3 N–H and O–H groups in total. The summed E-state index contributed by atoms with van der Waals surface area (Å²) in [6, 6.07) is 28.8. The maximum Gasteiger partial charge on any atom is 0.410 e. The van der Waals surface area contributed by atoms with E-state index < -0.39 is 18.5 Å². The Balaban J connectivity index is 0.000000171. The molecule has 1 amide bonds. The standard InChI is InChI=1S/C31H27N3O5.C16H17N3O3/c35-29(36)15-33-17-32-28-10-9-18(12-26(28)30(33)37)25-13-20-11-19(25)14-34(20)31(38)39-16-27-23-7-3-1-5-21(23)22-6-2-4-8-24(22)27;20-15(21)7-19-8-18-14-2-1-9(4-13(14)16(19)22)12-5-11-3-10(12)6-17-11/h1-10,12,17,19-20,25,27H,11,13-16H2,(H,35,36);1-2,4,8,10-12,17H,3,5-7H2,(H,20,21). The Morgan fingerprint density at radius 1 is 0.689 bits per heavy atom. The fourth-order valence-electron chi connectivity index (χ4n) is 10.8. The minimum Gasteiger partial charge on any atom is -0.480 e. The van der Waals surface area contributed by atoms with Crippen LogP contribution in [0.1, 0.15) is 65.7 Å². The Hall–Kier alpha value is -6.67. The van der Waals surface area contributed by atoms with Crippen molar-refractivity contribution in [2.24, 2.45) is 11.8 Å². The maximum absolute atomic E-state index is 13.2. The number of carbonyl (C=O) groups is 3. The first-order valence-corrected chi connectivity index (χ1v) is 20.9. The van der Waals surface area contributed by atoms with E-state index in [1.54, 1.807) is 0 Å². The van der Waals surface area contributed by atoms with Crippen molar-refractivity contribution in [2.45, 2.75) is 68.6 Å². The first-order valence-electron chi connectivity index (χ1n) is 20.9. The molecule has 0 spiro atoms. The van der Waals surface area contributed by atoms with E-state index >= 15 is 0 Å². The number of amides is 1. The van der Waals surface area contributed by atoms with E-state index in [1.165, 1.54) is 46.9 Å². The topological polar surface area (TPSA) is 186 Å². The number of piperidine rings is 2. The highest BCUT2D eigenvalue weighted by molar-refractivity contribution is 5.81. The quantitative estimate of drug-likeness (QED) is 0.175. The fourth-order valence-corrected chi connectivity index (χ4v) is 10.8. The van der Waals surface area contributed by atoms with Crippen LogP contribution < -0.4 is 16.4 Å². The minimum atomic E-state index is -1.09. The van der Waals surface area contributed by atoms with E-state index in [2.05, 4.69) is 45.6 Å². The second kappa shape index (κ2) is 15.4. The zero-order valence-corrected chi connectivity index (χ0v) is 33.2. The summed E-state index contributed by atoms with van der Waals surface area (Å²) in [7, 11) is 0. The van der Waals surface area contributed by atoms with Crippen molar-refractivity contribution in [3.8, 4) is 11.1 Å². The summed E-state index contributed by atoms with van der Waals surface area (Å²) in [5.41, 5.74) is 7.55. The van der Waals surface area contributed by atoms with Gasteiger partial charge in [0.25, 0.3) is 11.1 Å². The van der Waals surface area contributed by atoms with Crippen LogP contribution in [0.5, 0.6) is 0 Å². The van der Waals surface area contributed by atoms with Crippen molar-refractivity contribution in [2.75, 3.05) is 19.7 Å². The van der Waals surface area contributed by atoms with Gasteiger partial charge in [-0.2, -0.15) is 0 Å². The molecule has 14 nitrogen and oxygen atoms in total. The molecule has 11 rings (SSSR count). The number of carbonyl (C=O) groups excluding carboxylic acids is 1. The Labute approximate surface area is 349 Å². The average molecular weight is 821 g/mol. The normalized spacial score (nSPS) is 23.2. The highest BCUT2D eigenvalue weighted by Crippen LogP contribution is 2.49. The molecule has 4 aromatic carbocycles. The van der Waals surface area contributed by atoms with E-state index in [4.69, 9.17) is 14.9 Å². The highest BCUT2D eigenvalue weighted by Gasteiger charge is 2.48. The molecule has 6 unspecified atom stereocenters. The molecule has 6 atom stereocenters. The molecule has 2 aromatic heterocycles. The number of hydrogen-bond donors (Lipinski definition) is 3. The molecule has 4 heterocycles. The lowest BCUT2D eigenvalue weighted by atomic mass is 9.87. The summed E-state index contributed by atoms with van der Waals surface area (Å²) in [6.45, 7) is 1.20. The molecule has 2 aliphatic heterocycles. The first kappa shape index (κ1) is 38.5. The zero-order chi connectivity index (χ0) is 41.9.